The molecule has 0 bridgehead atoms. The standard InChI is InChI=1S/C19H19ClFN3O3S/c1-3-28(26,27)23-17-7-5-4-6-15(17)18-11-19(24(22-18)12(2)25)14-9-8-13(21)10-16(14)20/h4-10,19,23H,3,11H2,1-2H3/t19-/m0/s1. The van der Waals surface area contributed by atoms with Gasteiger partial charge in [-0.15, -0.1) is 0 Å². The second-order valence-corrected chi connectivity index (χ2v) is 8.77. The van der Waals surface area contributed by atoms with Gasteiger partial charge in [-0.05, 0) is 30.7 Å². The molecule has 2 aromatic rings. The Morgan fingerprint density at radius 3 is 2.68 bits per heavy atom. The van der Waals surface area contributed by atoms with Crippen LogP contribution in [0.4, 0.5) is 10.1 Å². The largest absolute Gasteiger partial charge is 0.283 e. The number of hydrogen-bond acceptors (Lipinski definition) is 4. The summed E-state index contributed by atoms with van der Waals surface area (Å²) >= 11 is 6.19. The summed E-state index contributed by atoms with van der Waals surface area (Å²) in [6.07, 6.45) is 0.315. The van der Waals surface area contributed by atoms with Gasteiger partial charge in [0.1, 0.15) is 5.82 Å². The number of nitrogens with one attached hydrogen (secondary N) is 1. The fourth-order valence-corrected chi connectivity index (χ4v) is 3.99. The number of para-hydroxylation sites is 1. The summed E-state index contributed by atoms with van der Waals surface area (Å²) in [5.74, 6) is -0.838. The van der Waals surface area contributed by atoms with Crippen molar-refractivity contribution >= 4 is 38.9 Å². The lowest BCUT2D eigenvalue weighted by Gasteiger charge is -2.21. The SMILES string of the molecule is CCS(=O)(=O)Nc1ccccc1C1=NN(C(C)=O)[C@H](c2ccc(F)cc2Cl)C1. The lowest BCUT2D eigenvalue weighted by molar-refractivity contribution is -0.130. The first kappa shape index (κ1) is 20.3. The number of hydrogen-bond donors (Lipinski definition) is 1. The van der Waals surface area contributed by atoms with Crippen LogP contribution in [0.5, 0.6) is 0 Å². The van der Waals surface area contributed by atoms with Crippen LogP contribution in [0, 0.1) is 5.82 Å². The lowest BCUT2D eigenvalue weighted by Crippen LogP contribution is -2.24. The van der Waals surface area contributed by atoms with Crippen LogP contribution in [0.25, 0.3) is 0 Å². The molecule has 0 aliphatic carbocycles. The van der Waals surface area contributed by atoms with Crippen LogP contribution in [0.3, 0.4) is 0 Å². The molecule has 0 radical (unpaired) electrons. The summed E-state index contributed by atoms with van der Waals surface area (Å²) in [6.45, 7) is 2.92. The van der Waals surface area contributed by atoms with E-state index in [1.165, 1.54) is 30.1 Å². The predicted molar refractivity (Wildman–Crippen MR) is 107 cm³/mol. The molecule has 148 valence electrons. The van der Waals surface area contributed by atoms with E-state index in [9.17, 15) is 17.6 Å². The molecule has 1 N–H and O–H groups in total. The van der Waals surface area contributed by atoms with Gasteiger partial charge in [-0.1, -0.05) is 35.9 Å². The number of carbonyl (C=O) groups is 1. The van der Waals surface area contributed by atoms with E-state index < -0.39 is 21.9 Å². The molecule has 3 rings (SSSR count). The van der Waals surface area contributed by atoms with Crippen molar-refractivity contribution in [1.82, 2.24) is 5.01 Å². The molecule has 0 saturated heterocycles. The summed E-state index contributed by atoms with van der Waals surface area (Å²) in [5, 5.41) is 5.90. The van der Waals surface area contributed by atoms with Crippen molar-refractivity contribution in [1.29, 1.82) is 0 Å². The highest BCUT2D eigenvalue weighted by molar-refractivity contribution is 7.92. The average molecular weight is 424 g/mol. The maximum Gasteiger partial charge on any atom is 0.240 e. The fourth-order valence-electron chi connectivity index (χ4n) is 3.04. The van der Waals surface area contributed by atoms with Crippen LogP contribution in [0.15, 0.2) is 47.6 Å². The van der Waals surface area contributed by atoms with Gasteiger partial charge in [0.05, 0.1) is 23.2 Å². The average Bonchev–Trinajstić information content (AvgIpc) is 3.07. The van der Waals surface area contributed by atoms with Gasteiger partial charge in [0.25, 0.3) is 0 Å². The third-order valence-electron chi connectivity index (χ3n) is 4.44. The summed E-state index contributed by atoms with van der Waals surface area (Å²) < 4.78 is 40.0. The van der Waals surface area contributed by atoms with Crippen LogP contribution < -0.4 is 4.72 Å². The molecule has 0 fully saturated rings. The van der Waals surface area contributed by atoms with Gasteiger partial charge < -0.3 is 0 Å². The number of hydrazone groups is 1. The van der Waals surface area contributed by atoms with Gasteiger partial charge in [0, 0.05) is 23.9 Å². The molecular weight excluding hydrogens is 405 g/mol. The van der Waals surface area contributed by atoms with Crippen LogP contribution in [-0.2, 0) is 14.8 Å². The molecule has 1 aliphatic heterocycles. The maximum atomic E-state index is 13.4. The molecule has 1 atom stereocenters. The second-order valence-electron chi connectivity index (χ2n) is 6.35. The maximum absolute atomic E-state index is 13.4. The van der Waals surface area contributed by atoms with Crippen molar-refractivity contribution in [3.63, 3.8) is 0 Å². The highest BCUT2D eigenvalue weighted by Crippen LogP contribution is 2.37. The van der Waals surface area contributed by atoms with Crippen molar-refractivity contribution in [2.75, 3.05) is 10.5 Å². The van der Waals surface area contributed by atoms with E-state index in [0.717, 1.165) is 0 Å². The van der Waals surface area contributed by atoms with Gasteiger partial charge in [-0.2, -0.15) is 5.10 Å². The fraction of sp³-hybridized carbons (Fsp3) is 0.263. The predicted octanol–water partition coefficient (Wildman–Crippen LogP) is 3.94. The summed E-state index contributed by atoms with van der Waals surface area (Å²) in [7, 11) is -3.48. The first-order valence-corrected chi connectivity index (χ1v) is 10.7. The number of halogens is 2. The summed E-state index contributed by atoms with van der Waals surface area (Å²) in [5.41, 5.74) is 2.07. The van der Waals surface area contributed by atoms with Crippen LogP contribution >= 0.6 is 11.6 Å². The Bertz CT molecular complexity index is 1060. The van der Waals surface area contributed by atoms with E-state index >= 15 is 0 Å². The Kier molecular flexibility index (Phi) is 5.71. The van der Waals surface area contributed by atoms with E-state index in [4.69, 9.17) is 11.6 Å². The topological polar surface area (TPSA) is 78.8 Å². The lowest BCUT2D eigenvalue weighted by atomic mass is 9.97. The highest BCUT2D eigenvalue weighted by Gasteiger charge is 2.33. The minimum absolute atomic E-state index is 0.0683. The first-order valence-electron chi connectivity index (χ1n) is 8.64. The normalized spacial score (nSPS) is 16.8. The van der Waals surface area contributed by atoms with Gasteiger partial charge in [-0.3, -0.25) is 9.52 Å². The zero-order valence-corrected chi connectivity index (χ0v) is 16.9. The molecular formula is C19H19ClFN3O3S. The number of carbonyl (C=O) groups excluding carboxylic acids is 1. The molecule has 28 heavy (non-hydrogen) atoms. The Morgan fingerprint density at radius 2 is 2.04 bits per heavy atom. The van der Waals surface area contributed by atoms with Crippen LogP contribution in [0.2, 0.25) is 5.02 Å². The molecule has 0 aromatic heterocycles. The van der Waals surface area contributed by atoms with Crippen LogP contribution in [-0.4, -0.2) is 30.8 Å². The van der Waals surface area contributed by atoms with Crippen molar-refractivity contribution in [3.05, 3.63) is 64.4 Å². The summed E-state index contributed by atoms with van der Waals surface area (Å²) in [4.78, 5) is 12.1. The zero-order chi connectivity index (χ0) is 20.5. The first-order chi connectivity index (χ1) is 13.2. The van der Waals surface area contributed by atoms with Crippen molar-refractivity contribution < 1.29 is 17.6 Å². The third kappa shape index (κ3) is 4.18. The molecule has 0 saturated carbocycles. The molecule has 2 aromatic carbocycles. The molecule has 0 unspecified atom stereocenters. The zero-order valence-electron chi connectivity index (χ0n) is 15.3. The van der Waals surface area contributed by atoms with E-state index in [2.05, 4.69) is 9.82 Å². The van der Waals surface area contributed by atoms with E-state index in [1.54, 1.807) is 31.2 Å². The third-order valence-corrected chi connectivity index (χ3v) is 6.06. The molecule has 6 nitrogen and oxygen atoms in total. The van der Waals surface area contributed by atoms with Crippen molar-refractivity contribution in [2.45, 2.75) is 26.3 Å². The summed E-state index contributed by atoms with van der Waals surface area (Å²) in [6, 6.07) is 10.3. The number of benzene rings is 2. The number of rotatable bonds is 5. The molecule has 1 heterocycles. The Labute approximate surface area is 168 Å². The monoisotopic (exact) mass is 423 g/mol. The smallest absolute Gasteiger partial charge is 0.240 e. The Morgan fingerprint density at radius 1 is 1.32 bits per heavy atom. The van der Waals surface area contributed by atoms with Gasteiger partial charge in [-0.25, -0.2) is 17.8 Å². The Hall–Kier alpha value is -2.45. The van der Waals surface area contributed by atoms with E-state index in [0.29, 0.717) is 28.9 Å². The second kappa shape index (κ2) is 7.89. The van der Waals surface area contributed by atoms with Crippen molar-refractivity contribution in [3.8, 4) is 0 Å². The molecule has 1 aliphatic rings. The minimum Gasteiger partial charge on any atom is -0.283 e. The Balaban J connectivity index is 2.01. The van der Waals surface area contributed by atoms with Gasteiger partial charge in [0.2, 0.25) is 15.9 Å². The van der Waals surface area contributed by atoms with Crippen LogP contribution in [0.1, 0.15) is 37.4 Å². The number of anilines is 1. The van der Waals surface area contributed by atoms with E-state index in [1.807, 2.05) is 0 Å². The van der Waals surface area contributed by atoms with E-state index in [-0.39, 0.29) is 16.7 Å². The minimum atomic E-state index is -3.48. The molecule has 1 amide bonds. The van der Waals surface area contributed by atoms with Gasteiger partial charge >= 0.3 is 0 Å². The number of nitrogens with zero attached hydrogens (tertiary/aromatic N) is 2. The highest BCUT2D eigenvalue weighted by atomic mass is 35.5. The van der Waals surface area contributed by atoms with Gasteiger partial charge in [0.15, 0.2) is 0 Å². The number of sulfonamides is 1. The van der Waals surface area contributed by atoms with Crippen molar-refractivity contribution in [2.24, 2.45) is 5.10 Å². The molecule has 0 spiro atoms. The number of amides is 1. The quantitative estimate of drug-likeness (QED) is 0.791. The molecule has 9 heteroatoms.